The van der Waals surface area contributed by atoms with Crippen molar-refractivity contribution in [2.45, 2.75) is 13.3 Å². The minimum Gasteiger partial charge on any atom is -0.507 e. The topological polar surface area (TPSA) is 102 Å². The van der Waals surface area contributed by atoms with Crippen LogP contribution in [0.2, 0.25) is 0 Å². The molecule has 2 rings (SSSR count). The van der Waals surface area contributed by atoms with Gasteiger partial charge in [-0.2, -0.15) is 5.10 Å². The number of hydrogen-bond acceptors (Lipinski definition) is 5. The lowest BCUT2D eigenvalue weighted by Crippen LogP contribution is -2.48. The van der Waals surface area contributed by atoms with Crippen molar-refractivity contribution in [2.24, 2.45) is 5.10 Å². The molecular weight excluding hydrogens is 312 g/mol. The molecule has 0 aliphatic carbocycles. The van der Waals surface area contributed by atoms with E-state index in [4.69, 9.17) is 0 Å². The predicted octanol–water partition coefficient (Wildman–Crippen LogP) is 0.189. The first-order valence-corrected chi connectivity index (χ1v) is 7.60. The first kappa shape index (κ1) is 17.5. The minimum absolute atomic E-state index is 0.0855. The summed E-state index contributed by atoms with van der Waals surface area (Å²) in [5, 5.41) is 13.5. The van der Waals surface area contributed by atoms with Crippen LogP contribution in [0.15, 0.2) is 29.4 Å². The second-order valence-corrected chi connectivity index (χ2v) is 5.50. The van der Waals surface area contributed by atoms with Crippen LogP contribution in [0.4, 0.5) is 0 Å². The van der Waals surface area contributed by atoms with Crippen LogP contribution in [0.25, 0.3) is 0 Å². The Labute approximate surface area is 139 Å². The monoisotopic (exact) mass is 332 g/mol. The van der Waals surface area contributed by atoms with E-state index in [2.05, 4.69) is 10.5 Å². The second kappa shape index (κ2) is 8.09. The fraction of sp³-hybridized carbons (Fsp3) is 0.375. The highest BCUT2D eigenvalue weighted by molar-refractivity contribution is 6.01. The Balaban J connectivity index is 1.85. The molecule has 0 spiro atoms. The number of piperazine rings is 1. The molecule has 1 aromatic carbocycles. The number of rotatable bonds is 5. The van der Waals surface area contributed by atoms with Gasteiger partial charge in [0.05, 0.1) is 12.0 Å². The van der Waals surface area contributed by atoms with Crippen LogP contribution in [-0.2, 0) is 9.59 Å². The van der Waals surface area contributed by atoms with Gasteiger partial charge in [0.15, 0.2) is 0 Å². The Hall–Kier alpha value is -2.90. The number of phenolic OH excluding ortho intramolecular Hbond substituents is 1. The quantitative estimate of drug-likeness (QED) is 0.456. The fourth-order valence-electron chi connectivity index (χ4n) is 2.32. The molecule has 1 aliphatic heterocycles. The van der Waals surface area contributed by atoms with Gasteiger partial charge in [-0.05, 0) is 19.1 Å². The number of phenols is 1. The van der Waals surface area contributed by atoms with E-state index in [1.807, 2.05) is 0 Å². The lowest BCUT2D eigenvalue weighted by Gasteiger charge is -2.32. The third-order valence-corrected chi connectivity index (χ3v) is 3.72. The third kappa shape index (κ3) is 4.55. The summed E-state index contributed by atoms with van der Waals surface area (Å²) < 4.78 is 0. The highest BCUT2D eigenvalue weighted by Crippen LogP contribution is 2.14. The number of para-hydroxylation sites is 1. The van der Waals surface area contributed by atoms with Gasteiger partial charge in [-0.15, -0.1) is 0 Å². The number of carbonyl (C=O) groups is 3. The van der Waals surface area contributed by atoms with Gasteiger partial charge in [0.2, 0.25) is 12.3 Å². The van der Waals surface area contributed by atoms with Crippen molar-refractivity contribution in [3.05, 3.63) is 29.8 Å². The third-order valence-electron chi connectivity index (χ3n) is 3.72. The first-order valence-electron chi connectivity index (χ1n) is 7.60. The van der Waals surface area contributed by atoms with Gasteiger partial charge in [-0.25, -0.2) is 5.43 Å². The normalized spacial score (nSPS) is 15.1. The summed E-state index contributed by atoms with van der Waals surface area (Å²) in [4.78, 5) is 38.0. The zero-order chi connectivity index (χ0) is 17.5. The van der Waals surface area contributed by atoms with Crippen LogP contribution < -0.4 is 5.43 Å². The number of aromatic hydroxyl groups is 1. The van der Waals surface area contributed by atoms with Gasteiger partial charge in [-0.1, -0.05) is 12.1 Å². The molecule has 1 fully saturated rings. The average Bonchev–Trinajstić information content (AvgIpc) is 2.60. The van der Waals surface area contributed by atoms with E-state index in [1.165, 1.54) is 12.1 Å². The largest absolute Gasteiger partial charge is 0.507 e. The van der Waals surface area contributed by atoms with E-state index in [0.717, 1.165) is 6.41 Å². The molecule has 128 valence electrons. The van der Waals surface area contributed by atoms with Crippen molar-refractivity contribution in [1.29, 1.82) is 0 Å². The van der Waals surface area contributed by atoms with Crippen molar-refractivity contribution in [3.63, 3.8) is 0 Å². The molecule has 0 bridgehead atoms. The number of hydrogen-bond donors (Lipinski definition) is 2. The van der Waals surface area contributed by atoms with Gasteiger partial charge in [0.25, 0.3) is 5.91 Å². The number of nitrogens with one attached hydrogen (secondary N) is 1. The van der Waals surface area contributed by atoms with Crippen LogP contribution >= 0.6 is 0 Å². The molecule has 3 amide bonds. The molecule has 24 heavy (non-hydrogen) atoms. The molecule has 0 unspecified atom stereocenters. The predicted molar refractivity (Wildman–Crippen MR) is 87.5 cm³/mol. The Bertz CT molecular complexity index is 651. The van der Waals surface area contributed by atoms with E-state index < -0.39 is 5.91 Å². The van der Waals surface area contributed by atoms with Gasteiger partial charge < -0.3 is 14.9 Å². The Morgan fingerprint density at radius 1 is 1.25 bits per heavy atom. The standard InChI is InChI=1S/C16H20N4O4/c1-12(10-15(23)20-8-6-19(11-21)7-9-20)17-18-16(24)13-4-2-3-5-14(13)22/h2-5,11,22H,6-10H2,1H3,(H,18,24)/b17-12+. The Morgan fingerprint density at radius 2 is 1.92 bits per heavy atom. The molecule has 8 nitrogen and oxygen atoms in total. The van der Waals surface area contributed by atoms with Crippen molar-refractivity contribution < 1.29 is 19.5 Å². The summed E-state index contributed by atoms with van der Waals surface area (Å²) >= 11 is 0. The van der Waals surface area contributed by atoms with Crippen molar-refractivity contribution in [1.82, 2.24) is 15.2 Å². The molecule has 0 atom stereocenters. The number of amides is 3. The van der Waals surface area contributed by atoms with Gasteiger partial charge in [-0.3, -0.25) is 14.4 Å². The highest BCUT2D eigenvalue weighted by Gasteiger charge is 2.20. The number of benzene rings is 1. The van der Waals surface area contributed by atoms with Crippen LogP contribution in [-0.4, -0.2) is 65.0 Å². The molecular formula is C16H20N4O4. The zero-order valence-corrected chi connectivity index (χ0v) is 13.4. The average molecular weight is 332 g/mol. The van der Waals surface area contributed by atoms with E-state index in [0.29, 0.717) is 31.9 Å². The summed E-state index contributed by atoms with van der Waals surface area (Å²) in [5.41, 5.74) is 2.90. The lowest BCUT2D eigenvalue weighted by atomic mass is 10.2. The molecule has 0 radical (unpaired) electrons. The zero-order valence-electron chi connectivity index (χ0n) is 13.4. The fourth-order valence-corrected chi connectivity index (χ4v) is 2.32. The van der Waals surface area contributed by atoms with Crippen molar-refractivity contribution >= 4 is 23.9 Å². The van der Waals surface area contributed by atoms with Crippen LogP contribution in [0.1, 0.15) is 23.7 Å². The minimum atomic E-state index is -0.542. The highest BCUT2D eigenvalue weighted by atomic mass is 16.3. The molecule has 8 heteroatoms. The summed E-state index contributed by atoms with van der Waals surface area (Å²) in [6.07, 6.45) is 0.866. The van der Waals surface area contributed by atoms with Gasteiger partial charge in [0.1, 0.15) is 5.75 Å². The van der Waals surface area contributed by atoms with Gasteiger partial charge >= 0.3 is 0 Å². The number of nitrogens with zero attached hydrogens (tertiary/aromatic N) is 3. The van der Waals surface area contributed by atoms with E-state index in [1.54, 1.807) is 28.9 Å². The first-order chi connectivity index (χ1) is 11.5. The number of hydrazone groups is 1. The number of carbonyl (C=O) groups excluding carboxylic acids is 3. The Kier molecular flexibility index (Phi) is 5.89. The molecule has 1 saturated heterocycles. The summed E-state index contributed by atoms with van der Waals surface area (Å²) in [5.74, 6) is -0.773. The van der Waals surface area contributed by atoms with E-state index in [9.17, 15) is 19.5 Å². The van der Waals surface area contributed by atoms with E-state index >= 15 is 0 Å². The molecule has 2 N–H and O–H groups in total. The van der Waals surface area contributed by atoms with Crippen LogP contribution in [0.5, 0.6) is 5.75 Å². The molecule has 1 aliphatic rings. The maximum Gasteiger partial charge on any atom is 0.275 e. The molecule has 0 aromatic heterocycles. The molecule has 0 saturated carbocycles. The molecule has 1 aromatic rings. The summed E-state index contributed by atoms with van der Waals surface area (Å²) in [7, 11) is 0. The van der Waals surface area contributed by atoms with Gasteiger partial charge in [0, 0.05) is 31.9 Å². The van der Waals surface area contributed by atoms with Crippen molar-refractivity contribution in [3.8, 4) is 5.75 Å². The van der Waals surface area contributed by atoms with Crippen LogP contribution in [0.3, 0.4) is 0 Å². The smallest absolute Gasteiger partial charge is 0.275 e. The maximum absolute atomic E-state index is 12.2. The van der Waals surface area contributed by atoms with E-state index in [-0.39, 0.29) is 23.6 Å². The van der Waals surface area contributed by atoms with Crippen LogP contribution in [0, 0.1) is 0 Å². The lowest BCUT2D eigenvalue weighted by molar-refractivity contribution is -0.134. The Morgan fingerprint density at radius 3 is 2.54 bits per heavy atom. The molecule has 1 heterocycles. The maximum atomic E-state index is 12.2. The summed E-state index contributed by atoms with van der Waals surface area (Å²) in [6.45, 7) is 3.68. The SMILES string of the molecule is C/C(CC(=O)N1CCN(C=O)CC1)=N\NC(=O)c1ccccc1O. The summed E-state index contributed by atoms with van der Waals surface area (Å²) in [6, 6.07) is 6.14. The second-order valence-electron chi connectivity index (χ2n) is 5.50. The van der Waals surface area contributed by atoms with Crippen molar-refractivity contribution in [2.75, 3.05) is 26.2 Å².